The molecule has 0 bridgehead atoms. The molecule has 1 saturated carbocycles. The molecule has 0 spiro atoms. The van der Waals surface area contributed by atoms with E-state index in [1.54, 1.807) is 9.47 Å². The summed E-state index contributed by atoms with van der Waals surface area (Å²) in [5, 5.41) is 20.1. The molecule has 3 heterocycles. The van der Waals surface area contributed by atoms with Crippen molar-refractivity contribution in [2.24, 2.45) is 16.8 Å². The number of nitrogens with zero attached hydrogens (tertiary/aromatic N) is 4. The molecule has 1 saturated heterocycles. The van der Waals surface area contributed by atoms with Gasteiger partial charge in [-0.25, -0.2) is 14.2 Å². The number of hydrogen-bond donors (Lipinski definition) is 3. The van der Waals surface area contributed by atoms with Crippen LogP contribution in [0.1, 0.15) is 29.2 Å². The number of hydrogen-bond acceptors (Lipinski definition) is 8. The lowest BCUT2D eigenvalue weighted by molar-refractivity contribution is -0.122. The number of nitrogens with two attached hydrogens (primary N) is 1. The summed E-state index contributed by atoms with van der Waals surface area (Å²) in [7, 11) is 1.44. The fourth-order valence-electron chi connectivity index (χ4n) is 3.60. The van der Waals surface area contributed by atoms with Gasteiger partial charge in [-0.3, -0.25) is 9.59 Å². The molecule has 13 heteroatoms. The van der Waals surface area contributed by atoms with Gasteiger partial charge in [0.05, 0.1) is 17.6 Å². The second kappa shape index (κ2) is 10.2. The minimum Gasteiger partial charge on any atom is -0.483 e. The van der Waals surface area contributed by atoms with Crippen molar-refractivity contribution in [3.63, 3.8) is 0 Å². The van der Waals surface area contributed by atoms with Crippen molar-refractivity contribution in [3.05, 3.63) is 33.9 Å². The number of aromatic nitrogens is 2. The minimum atomic E-state index is -1.34. The van der Waals surface area contributed by atoms with E-state index in [0.717, 1.165) is 18.9 Å². The lowest BCUT2D eigenvalue weighted by Crippen LogP contribution is -2.26. The molecule has 2 fully saturated rings. The summed E-state index contributed by atoms with van der Waals surface area (Å²) >= 11 is 0. The molecule has 2 aliphatic rings. The number of rotatable bonds is 5. The van der Waals surface area contributed by atoms with E-state index in [1.807, 2.05) is 0 Å². The summed E-state index contributed by atoms with van der Waals surface area (Å²) in [6.07, 6.45) is 3.02. The molecule has 6 N–H and O–H groups in total. The lowest BCUT2D eigenvalue weighted by atomic mass is 10.1. The van der Waals surface area contributed by atoms with Crippen LogP contribution in [0, 0.1) is 11.7 Å². The molecule has 4 rings (SSSR count). The number of pyridine rings is 2. The number of fused-ring (bicyclic) bond motifs is 1. The van der Waals surface area contributed by atoms with Crippen molar-refractivity contribution in [3.8, 4) is 0 Å². The van der Waals surface area contributed by atoms with Crippen LogP contribution in [0.15, 0.2) is 22.2 Å². The Kier molecular flexibility index (Phi) is 7.83. The van der Waals surface area contributed by atoms with E-state index in [9.17, 15) is 19.1 Å². The van der Waals surface area contributed by atoms with Crippen LogP contribution in [0.25, 0.3) is 11.0 Å². The van der Waals surface area contributed by atoms with E-state index in [2.05, 4.69) is 10.1 Å². The molecule has 12 nitrogen and oxygen atoms in total. The van der Waals surface area contributed by atoms with Crippen molar-refractivity contribution in [2.45, 2.75) is 18.9 Å². The van der Waals surface area contributed by atoms with Crippen molar-refractivity contribution in [1.82, 2.24) is 9.55 Å². The Labute approximate surface area is 181 Å². The van der Waals surface area contributed by atoms with Gasteiger partial charge in [0.25, 0.3) is 6.47 Å². The second-order valence-corrected chi connectivity index (χ2v) is 7.16. The summed E-state index contributed by atoms with van der Waals surface area (Å²) < 4.78 is 16.5. The Morgan fingerprint density at radius 2 is 2.12 bits per heavy atom. The topological polar surface area (TPSA) is 192 Å². The van der Waals surface area contributed by atoms with Gasteiger partial charge in [0.2, 0.25) is 5.43 Å². The lowest BCUT2D eigenvalue weighted by Gasteiger charge is -2.19. The third-order valence-corrected chi connectivity index (χ3v) is 5.17. The van der Waals surface area contributed by atoms with Gasteiger partial charge < -0.3 is 35.7 Å². The van der Waals surface area contributed by atoms with Crippen LogP contribution in [0.2, 0.25) is 0 Å². The van der Waals surface area contributed by atoms with Gasteiger partial charge in [0.1, 0.15) is 18.3 Å². The second-order valence-electron chi connectivity index (χ2n) is 7.16. The Bertz CT molecular complexity index is 1100. The number of carboxylic acid groups (broad SMARTS) is 2. The number of oxime groups is 1. The molecular formula is C19H24FN5O7. The van der Waals surface area contributed by atoms with Gasteiger partial charge >= 0.3 is 5.97 Å². The van der Waals surface area contributed by atoms with Gasteiger partial charge in [-0.05, 0) is 18.9 Å². The molecule has 0 radical (unpaired) electrons. The van der Waals surface area contributed by atoms with Crippen LogP contribution in [0.5, 0.6) is 0 Å². The van der Waals surface area contributed by atoms with Crippen LogP contribution in [-0.4, -0.2) is 70.1 Å². The minimum absolute atomic E-state index is 0. The molecule has 1 aliphatic carbocycles. The molecule has 1 aliphatic heterocycles. The smallest absolute Gasteiger partial charge is 0.341 e. The largest absolute Gasteiger partial charge is 0.483 e. The highest BCUT2D eigenvalue weighted by Gasteiger charge is 2.33. The molecule has 1 unspecified atom stereocenters. The predicted molar refractivity (Wildman–Crippen MR) is 113 cm³/mol. The van der Waals surface area contributed by atoms with Gasteiger partial charge in [0, 0.05) is 31.2 Å². The van der Waals surface area contributed by atoms with Crippen LogP contribution in [0.3, 0.4) is 0 Å². The molecule has 0 amide bonds. The highest BCUT2D eigenvalue weighted by Crippen LogP contribution is 2.37. The molecule has 0 aromatic carbocycles. The summed E-state index contributed by atoms with van der Waals surface area (Å²) in [5.41, 5.74) is 5.65. The van der Waals surface area contributed by atoms with Crippen molar-refractivity contribution in [2.75, 3.05) is 31.6 Å². The maximum Gasteiger partial charge on any atom is 0.341 e. The average molecular weight is 453 g/mol. The third kappa shape index (κ3) is 4.68. The molecule has 2 aromatic heterocycles. The van der Waals surface area contributed by atoms with Gasteiger partial charge in [-0.1, -0.05) is 5.16 Å². The molecular weight excluding hydrogens is 429 g/mol. The normalized spacial score (nSPS) is 18.7. The standard InChI is InChI=1S/C18H20FN5O4.CH2O2.H2O/c1-28-22-14-8-23(6-9(14)5-20)17-13(19)4-11-15(25)12(18(26)27)7-24(10-2-3-10)16(11)21-17;2-1-3;/h4,7,9-10H,2-3,5-6,8,20H2,1H3,(H,26,27);1H,(H,2,3);1H2/b22-14+;;. The van der Waals surface area contributed by atoms with Gasteiger partial charge in [0.15, 0.2) is 11.6 Å². The van der Waals surface area contributed by atoms with E-state index >= 15 is 0 Å². The van der Waals surface area contributed by atoms with E-state index in [4.69, 9.17) is 20.5 Å². The Morgan fingerprint density at radius 1 is 1.47 bits per heavy atom. The number of anilines is 1. The zero-order chi connectivity index (χ0) is 22.7. The number of carboxylic acids is 1. The van der Waals surface area contributed by atoms with Crippen molar-refractivity contribution >= 4 is 35.0 Å². The first-order valence-electron chi connectivity index (χ1n) is 9.47. The summed E-state index contributed by atoms with van der Waals surface area (Å²) in [5.74, 6) is -2.03. The molecule has 174 valence electrons. The fourth-order valence-corrected chi connectivity index (χ4v) is 3.60. The van der Waals surface area contributed by atoms with Crippen LogP contribution >= 0.6 is 0 Å². The highest BCUT2D eigenvalue weighted by molar-refractivity contribution is 5.95. The van der Waals surface area contributed by atoms with E-state index in [0.29, 0.717) is 25.3 Å². The number of halogens is 1. The number of carbonyl (C=O) groups is 2. The SMILES string of the molecule is CO/N=C1\CN(c2nc3c(cc2F)c(=O)c(C(=O)O)cn3C2CC2)CC1CN.O.O=CO. The van der Waals surface area contributed by atoms with Crippen molar-refractivity contribution < 1.29 is 34.5 Å². The van der Waals surface area contributed by atoms with E-state index in [-0.39, 0.29) is 46.3 Å². The van der Waals surface area contributed by atoms with E-state index < -0.39 is 17.2 Å². The highest BCUT2D eigenvalue weighted by atomic mass is 19.1. The number of aromatic carboxylic acids is 1. The van der Waals surface area contributed by atoms with Crippen LogP contribution < -0.4 is 16.1 Å². The summed E-state index contributed by atoms with van der Waals surface area (Å²) in [6.45, 7) is 0.823. The maximum atomic E-state index is 14.9. The summed E-state index contributed by atoms with van der Waals surface area (Å²) in [6, 6.07) is 1.14. The van der Waals surface area contributed by atoms with Crippen molar-refractivity contribution in [1.29, 1.82) is 0 Å². The first-order valence-corrected chi connectivity index (χ1v) is 9.47. The van der Waals surface area contributed by atoms with Crippen LogP contribution in [0.4, 0.5) is 10.2 Å². The average Bonchev–Trinajstić information content (AvgIpc) is 3.49. The predicted octanol–water partition coefficient (Wildman–Crippen LogP) is -0.158. The Balaban J connectivity index is 0.000000860. The Morgan fingerprint density at radius 3 is 2.66 bits per heavy atom. The maximum absolute atomic E-state index is 14.9. The van der Waals surface area contributed by atoms with Gasteiger partial charge in [-0.2, -0.15) is 0 Å². The molecule has 32 heavy (non-hydrogen) atoms. The quantitative estimate of drug-likeness (QED) is 0.407. The first kappa shape index (κ1) is 24.7. The summed E-state index contributed by atoms with van der Waals surface area (Å²) in [4.78, 5) is 43.3. The fraction of sp³-hybridized carbons (Fsp3) is 0.421. The zero-order valence-electron chi connectivity index (χ0n) is 17.2. The third-order valence-electron chi connectivity index (χ3n) is 5.17. The zero-order valence-corrected chi connectivity index (χ0v) is 17.2. The Hall–Kier alpha value is -3.58. The molecule has 1 atom stereocenters. The first-order chi connectivity index (χ1) is 14.9. The molecule has 2 aromatic rings. The van der Waals surface area contributed by atoms with Gasteiger partial charge in [-0.15, -0.1) is 0 Å². The van der Waals surface area contributed by atoms with E-state index in [1.165, 1.54) is 13.3 Å². The monoisotopic (exact) mass is 453 g/mol. The van der Waals surface area contributed by atoms with Crippen LogP contribution in [-0.2, 0) is 9.63 Å².